The summed E-state index contributed by atoms with van der Waals surface area (Å²) in [5.41, 5.74) is 0. The molecule has 1 fully saturated rings. The summed E-state index contributed by atoms with van der Waals surface area (Å²) in [4.78, 5) is 8.74. The van der Waals surface area contributed by atoms with E-state index in [-0.39, 0.29) is 0 Å². The molecule has 1 saturated carbocycles. The van der Waals surface area contributed by atoms with Crippen molar-refractivity contribution >= 4 is 16.9 Å². The van der Waals surface area contributed by atoms with Crippen molar-refractivity contribution in [1.29, 1.82) is 0 Å². The summed E-state index contributed by atoms with van der Waals surface area (Å²) in [6.45, 7) is 1.87. The summed E-state index contributed by atoms with van der Waals surface area (Å²) in [6.07, 6.45) is 5.39. The van der Waals surface area contributed by atoms with Gasteiger partial charge in [0.2, 0.25) is 0 Å². The van der Waals surface area contributed by atoms with Crippen LogP contribution in [0.25, 0.3) is 0 Å². The highest BCUT2D eigenvalue weighted by atomic mass is 32.2. The fraction of sp³-hybridized carbons (Fsp3) is 0.727. The van der Waals surface area contributed by atoms with Crippen molar-refractivity contribution in [2.24, 2.45) is 18.0 Å². The van der Waals surface area contributed by atoms with Gasteiger partial charge in [0.15, 0.2) is 11.0 Å². The highest BCUT2D eigenvalue weighted by Crippen LogP contribution is 2.41. The fourth-order valence-electron chi connectivity index (χ4n) is 1.98. The lowest BCUT2D eigenvalue weighted by Gasteiger charge is -2.06. The number of nitrogens with zero attached hydrogens (tertiary/aromatic N) is 4. The van der Waals surface area contributed by atoms with Crippen molar-refractivity contribution in [3.05, 3.63) is 12.2 Å². The molecular weight excluding hydrogens is 234 g/mol. The highest BCUT2D eigenvalue weighted by molar-refractivity contribution is 8.14. The number of aromatic nitrogens is 3. The smallest absolute Gasteiger partial charge is 0.156 e. The van der Waals surface area contributed by atoms with Gasteiger partial charge in [-0.1, -0.05) is 11.8 Å². The Balaban J connectivity index is 1.40. The van der Waals surface area contributed by atoms with E-state index in [0.717, 1.165) is 41.7 Å². The highest BCUT2D eigenvalue weighted by Gasteiger charge is 2.35. The van der Waals surface area contributed by atoms with E-state index in [0.29, 0.717) is 0 Å². The summed E-state index contributed by atoms with van der Waals surface area (Å²) in [6, 6.07) is 0. The number of aryl methyl sites for hydroxylation is 1. The number of aliphatic imine (C=N–C) groups is 1. The van der Waals surface area contributed by atoms with Crippen LogP contribution < -0.4 is 5.32 Å². The Morgan fingerprint density at radius 3 is 3.12 bits per heavy atom. The molecule has 0 radical (unpaired) electrons. The maximum atomic E-state index is 4.54. The average Bonchev–Trinajstić information content (AvgIpc) is 2.93. The third-order valence-electron chi connectivity index (χ3n) is 3.10. The van der Waals surface area contributed by atoms with Gasteiger partial charge in [-0.2, -0.15) is 5.10 Å². The minimum absolute atomic E-state index is 0.741. The van der Waals surface area contributed by atoms with Crippen LogP contribution in [0.4, 0.5) is 0 Å². The lowest BCUT2D eigenvalue weighted by molar-refractivity contribution is 0.730. The number of hydrogen-bond acceptors (Lipinski definition) is 5. The van der Waals surface area contributed by atoms with E-state index >= 15 is 0 Å². The van der Waals surface area contributed by atoms with E-state index in [9.17, 15) is 0 Å². The first kappa shape index (κ1) is 11.1. The van der Waals surface area contributed by atoms with Gasteiger partial charge < -0.3 is 5.32 Å². The van der Waals surface area contributed by atoms with Crippen LogP contribution in [-0.4, -0.2) is 38.3 Å². The molecule has 6 heteroatoms. The molecule has 1 aliphatic heterocycles. The minimum atomic E-state index is 0.741. The van der Waals surface area contributed by atoms with Gasteiger partial charge in [-0.05, 0) is 18.8 Å². The van der Waals surface area contributed by atoms with Gasteiger partial charge in [-0.3, -0.25) is 9.67 Å². The average molecular weight is 251 g/mol. The normalized spacial score (nSPS) is 23.8. The lowest BCUT2D eigenvalue weighted by Crippen LogP contribution is -2.22. The van der Waals surface area contributed by atoms with E-state index in [2.05, 4.69) is 20.4 Å². The number of amidine groups is 1. The fourth-order valence-corrected chi connectivity index (χ4v) is 3.22. The Morgan fingerprint density at radius 1 is 1.53 bits per heavy atom. The first-order valence-electron chi connectivity index (χ1n) is 6.11. The molecular formula is C11H17N5S. The van der Waals surface area contributed by atoms with Gasteiger partial charge in [0.25, 0.3) is 0 Å². The quantitative estimate of drug-likeness (QED) is 0.861. The third kappa shape index (κ3) is 2.80. The Morgan fingerprint density at radius 2 is 2.41 bits per heavy atom. The summed E-state index contributed by atoms with van der Waals surface area (Å²) < 4.78 is 1.74. The van der Waals surface area contributed by atoms with Crippen LogP contribution in [0.3, 0.4) is 0 Å². The van der Waals surface area contributed by atoms with Gasteiger partial charge in [-0.15, -0.1) is 0 Å². The molecule has 0 spiro atoms. The van der Waals surface area contributed by atoms with Crippen molar-refractivity contribution in [3.63, 3.8) is 0 Å². The molecule has 0 bridgehead atoms. The Hall–Kier alpha value is -1.04. The zero-order chi connectivity index (χ0) is 11.7. The Kier molecular flexibility index (Phi) is 3.05. The molecule has 0 saturated heterocycles. The first-order valence-corrected chi connectivity index (χ1v) is 6.99. The van der Waals surface area contributed by atoms with Crippen LogP contribution in [0.1, 0.15) is 18.7 Å². The zero-order valence-corrected chi connectivity index (χ0v) is 10.8. The molecule has 2 heterocycles. The topological polar surface area (TPSA) is 55.1 Å². The predicted molar refractivity (Wildman–Crippen MR) is 69.1 cm³/mol. The maximum Gasteiger partial charge on any atom is 0.156 e. The van der Waals surface area contributed by atoms with Crippen molar-refractivity contribution in [1.82, 2.24) is 20.1 Å². The zero-order valence-electron chi connectivity index (χ0n) is 9.96. The van der Waals surface area contributed by atoms with Crippen LogP contribution in [0.15, 0.2) is 11.3 Å². The van der Waals surface area contributed by atoms with E-state index in [4.69, 9.17) is 0 Å². The molecule has 1 aromatic heterocycles. The van der Waals surface area contributed by atoms with E-state index in [1.54, 1.807) is 11.0 Å². The maximum absolute atomic E-state index is 4.54. The molecule has 1 unspecified atom stereocenters. The number of nitrogens with one attached hydrogen (secondary N) is 1. The second-order valence-electron chi connectivity index (χ2n) is 4.65. The van der Waals surface area contributed by atoms with Crippen LogP contribution in [0.5, 0.6) is 0 Å². The van der Waals surface area contributed by atoms with E-state index in [1.807, 2.05) is 18.8 Å². The molecule has 1 aromatic rings. The second kappa shape index (κ2) is 4.68. The molecule has 3 rings (SSSR count). The summed E-state index contributed by atoms with van der Waals surface area (Å²) in [5, 5.41) is 9.47. The second-order valence-corrected chi connectivity index (χ2v) is 5.88. The minimum Gasteiger partial charge on any atom is -0.364 e. The Bertz CT molecular complexity index is 423. The molecule has 1 atom stereocenters. The van der Waals surface area contributed by atoms with Gasteiger partial charge in [-0.25, -0.2) is 4.98 Å². The number of hydrogen-bond donors (Lipinski definition) is 1. The molecule has 1 aliphatic carbocycles. The monoisotopic (exact) mass is 251 g/mol. The number of rotatable bonds is 4. The van der Waals surface area contributed by atoms with Crippen molar-refractivity contribution in [3.8, 4) is 0 Å². The van der Waals surface area contributed by atoms with Crippen molar-refractivity contribution in [2.75, 3.05) is 13.1 Å². The summed E-state index contributed by atoms with van der Waals surface area (Å²) in [7, 11) is 1.89. The predicted octanol–water partition coefficient (Wildman–Crippen LogP) is 0.829. The molecule has 2 aliphatic rings. The van der Waals surface area contributed by atoms with Gasteiger partial charge in [0.1, 0.15) is 6.33 Å². The molecule has 17 heavy (non-hydrogen) atoms. The molecule has 1 N–H and O–H groups in total. The van der Waals surface area contributed by atoms with E-state index in [1.165, 1.54) is 12.8 Å². The van der Waals surface area contributed by atoms with Crippen LogP contribution in [0, 0.1) is 5.92 Å². The van der Waals surface area contributed by atoms with Crippen LogP contribution >= 0.6 is 11.8 Å². The molecule has 5 nitrogen and oxygen atoms in total. The third-order valence-corrected chi connectivity index (χ3v) is 4.43. The Labute approximate surface area is 105 Å². The lowest BCUT2D eigenvalue weighted by atomic mass is 10.3. The van der Waals surface area contributed by atoms with Gasteiger partial charge in [0, 0.05) is 25.3 Å². The summed E-state index contributed by atoms with van der Waals surface area (Å²) >= 11 is 1.91. The van der Waals surface area contributed by atoms with Gasteiger partial charge in [0.05, 0.1) is 6.54 Å². The van der Waals surface area contributed by atoms with Crippen LogP contribution in [0.2, 0.25) is 0 Å². The largest absolute Gasteiger partial charge is 0.364 e. The first-order chi connectivity index (χ1) is 8.31. The van der Waals surface area contributed by atoms with Crippen LogP contribution in [-0.2, 0) is 13.5 Å². The van der Waals surface area contributed by atoms with Crippen molar-refractivity contribution < 1.29 is 0 Å². The number of thioether (sulfide) groups is 1. The molecule has 0 amide bonds. The summed E-state index contributed by atoms with van der Waals surface area (Å²) in [5.74, 6) is 1.82. The molecule has 0 aromatic carbocycles. The van der Waals surface area contributed by atoms with Crippen molar-refractivity contribution in [2.45, 2.75) is 24.5 Å². The standard InChI is InChI=1S/C11H17N5S/c1-16-7-14-10(15-16)4-5-12-11-13-6-9(17-11)8-2-3-8/h7-9H,2-6H2,1H3,(H,12,13). The van der Waals surface area contributed by atoms with E-state index < -0.39 is 0 Å². The SMILES string of the molecule is Cn1cnc(CCNC2=NCC(C3CC3)S2)n1. The van der Waals surface area contributed by atoms with Gasteiger partial charge >= 0.3 is 0 Å². The molecule has 92 valence electrons.